The first-order valence-electron chi connectivity index (χ1n) is 6.44. The molecular weight excluding hydrogens is 228 g/mol. The van der Waals surface area contributed by atoms with Crippen LogP contribution in [0.2, 0.25) is 0 Å². The fourth-order valence-corrected chi connectivity index (χ4v) is 2.58. The molecule has 1 aromatic rings. The first kappa shape index (κ1) is 11.5. The van der Waals surface area contributed by atoms with Crippen molar-refractivity contribution < 1.29 is 4.79 Å². The number of hydrazine groups is 1. The molecule has 1 heterocycles. The number of hydrogen-bond acceptors (Lipinski definition) is 4. The molecule has 0 saturated heterocycles. The van der Waals surface area contributed by atoms with Gasteiger partial charge in [0.05, 0.1) is 5.69 Å². The van der Waals surface area contributed by atoms with E-state index < -0.39 is 0 Å². The predicted molar refractivity (Wildman–Crippen MR) is 68.8 cm³/mol. The lowest BCUT2D eigenvalue weighted by molar-refractivity contribution is 0.0937. The molecule has 18 heavy (non-hydrogen) atoms. The van der Waals surface area contributed by atoms with Crippen LogP contribution in [-0.2, 0) is 0 Å². The molecule has 2 aliphatic carbocycles. The highest BCUT2D eigenvalue weighted by molar-refractivity contribution is 5.93. The number of pyridine rings is 1. The Bertz CT molecular complexity index is 466. The Balaban J connectivity index is 1.60. The van der Waals surface area contributed by atoms with Crippen LogP contribution in [0.3, 0.4) is 0 Å². The van der Waals surface area contributed by atoms with Crippen molar-refractivity contribution in [1.82, 2.24) is 10.3 Å². The van der Waals surface area contributed by atoms with E-state index >= 15 is 0 Å². The summed E-state index contributed by atoms with van der Waals surface area (Å²) in [4.78, 5) is 16.0. The molecule has 5 nitrogen and oxygen atoms in total. The number of carbonyl (C=O) groups excluding carboxylic acids is 1. The van der Waals surface area contributed by atoms with E-state index in [9.17, 15) is 4.79 Å². The molecule has 0 aliphatic heterocycles. The molecule has 0 aromatic carbocycles. The monoisotopic (exact) mass is 246 g/mol. The van der Waals surface area contributed by atoms with Gasteiger partial charge in [-0.05, 0) is 49.1 Å². The van der Waals surface area contributed by atoms with Gasteiger partial charge in [-0.25, -0.2) is 0 Å². The molecule has 96 valence electrons. The van der Waals surface area contributed by atoms with Crippen LogP contribution in [0.25, 0.3) is 0 Å². The fraction of sp³-hybridized carbons (Fsp3) is 0.538. The van der Waals surface area contributed by atoms with Gasteiger partial charge in [-0.1, -0.05) is 0 Å². The highest BCUT2D eigenvalue weighted by atomic mass is 16.1. The molecule has 2 fully saturated rings. The van der Waals surface area contributed by atoms with Gasteiger partial charge in [0.25, 0.3) is 5.91 Å². The Labute approximate surface area is 106 Å². The summed E-state index contributed by atoms with van der Waals surface area (Å²) in [5.74, 6) is 6.05. The smallest absolute Gasteiger partial charge is 0.269 e. The minimum Gasteiger partial charge on any atom is -0.350 e. The summed E-state index contributed by atoms with van der Waals surface area (Å²) < 4.78 is 0. The third kappa shape index (κ3) is 2.18. The van der Waals surface area contributed by atoms with Crippen LogP contribution in [0, 0.1) is 11.3 Å². The van der Waals surface area contributed by atoms with Gasteiger partial charge in [-0.2, -0.15) is 0 Å². The molecular formula is C13H18N4O. The van der Waals surface area contributed by atoms with E-state index in [0.29, 0.717) is 16.8 Å². The van der Waals surface area contributed by atoms with Gasteiger partial charge >= 0.3 is 0 Å². The lowest BCUT2D eigenvalue weighted by Crippen LogP contribution is -2.31. The second-order valence-electron chi connectivity index (χ2n) is 5.39. The molecule has 2 saturated carbocycles. The molecule has 0 atom stereocenters. The average molecular weight is 246 g/mol. The minimum atomic E-state index is -0.112. The summed E-state index contributed by atoms with van der Waals surface area (Å²) in [6.45, 7) is 0.790. The SMILES string of the molecule is NNc1ccnc(C(=O)NCC2(C3CC3)CC2)c1. The number of aromatic nitrogens is 1. The second-order valence-corrected chi connectivity index (χ2v) is 5.39. The standard InChI is InChI=1S/C13H18N4O/c14-17-10-3-6-15-11(7-10)12(18)16-8-13(4-5-13)9-1-2-9/h3,6-7,9H,1-2,4-5,8,14H2,(H,15,17)(H,16,18). The van der Waals surface area contributed by atoms with Crippen LogP contribution in [0.5, 0.6) is 0 Å². The molecule has 5 heteroatoms. The van der Waals surface area contributed by atoms with E-state index in [2.05, 4.69) is 15.7 Å². The summed E-state index contributed by atoms with van der Waals surface area (Å²) in [7, 11) is 0. The number of rotatable bonds is 5. The number of nitrogens with one attached hydrogen (secondary N) is 2. The largest absolute Gasteiger partial charge is 0.350 e. The first-order chi connectivity index (χ1) is 8.73. The molecule has 3 rings (SSSR count). The van der Waals surface area contributed by atoms with Crippen molar-refractivity contribution in [3.63, 3.8) is 0 Å². The van der Waals surface area contributed by atoms with Gasteiger partial charge < -0.3 is 10.7 Å². The predicted octanol–water partition coefficient (Wildman–Crippen LogP) is 1.29. The van der Waals surface area contributed by atoms with E-state index in [1.54, 1.807) is 18.3 Å². The van der Waals surface area contributed by atoms with Gasteiger partial charge in [0.2, 0.25) is 0 Å². The van der Waals surface area contributed by atoms with Crippen LogP contribution < -0.4 is 16.6 Å². The van der Waals surface area contributed by atoms with Crippen molar-refractivity contribution in [2.75, 3.05) is 12.0 Å². The first-order valence-corrected chi connectivity index (χ1v) is 6.44. The van der Waals surface area contributed by atoms with E-state index in [1.165, 1.54) is 25.7 Å². The Morgan fingerprint density at radius 1 is 1.50 bits per heavy atom. The Kier molecular flexibility index (Phi) is 2.70. The summed E-state index contributed by atoms with van der Waals surface area (Å²) in [5.41, 5.74) is 4.04. The van der Waals surface area contributed by atoms with Crippen LogP contribution in [0.1, 0.15) is 36.2 Å². The van der Waals surface area contributed by atoms with Crippen LogP contribution in [-0.4, -0.2) is 17.4 Å². The summed E-state index contributed by atoms with van der Waals surface area (Å²) in [6, 6.07) is 3.38. The molecule has 1 amide bonds. The van der Waals surface area contributed by atoms with E-state index in [4.69, 9.17) is 5.84 Å². The molecule has 0 bridgehead atoms. The topological polar surface area (TPSA) is 80.0 Å². The van der Waals surface area contributed by atoms with Gasteiger partial charge in [0.1, 0.15) is 5.69 Å². The number of nitrogens with two attached hydrogens (primary N) is 1. The number of nitrogens with zero attached hydrogens (tertiary/aromatic N) is 1. The zero-order chi connectivity index (χ0) is 12.6. The minimum absolute atomic E-state index is 0.112. The molecule has 0 spiro atoms. The van der Waals surface area contributed by atoms with Crippen molar-refractivity contribution in [2.45, 2.75) is 25.7 Å². The zero-order valence-corrected chi connectivity index (χ0v) is 10.3. The van der Waals surface area contributed by atoms with Gasteiger partial charge in [-0.15, -0.1) is 0 Å². The highest BCUT2D eigenvalue weighted by Crippen LogP contribution is 2.60. The van der Waals surface area contributed by atoms with Crippen LogP contribution in [0.15, 0.2) is 18.3 Å². The van der Waals surface area contributed by atoms with Crippen molar-refractivity contribution in [3.8, 4) is 0 Å². The number of amides is 1. The number of anilines is 1. The lowest BCUT2D eigenvalue weighted by atomic mass is 10.0. The molecule has 1 aromatic heterocycles. The van der Waals surface area contributed by atoms with Crippen molar-refractivity contribution in [2.24, 2.45) is 17.2 Å². The van der Waals surface area contributed by atoms with E-state index in [0.717, 1.165) is 12.5 Å². The molecule has 2 aliphatic rings. The van der Waals surface area contributed by atoms with E-state index in [1.807, 2.05) is 0 Å². The van der Waals surface area contributed by atoms with Crippen LogP contribution >= 0.6 is 0 Å². The molecule has 0 radical (unpaired) electrons. The van der Waals surface area contributed by atoms with E-state index in [-0.39, 0.29) is 5.91 Å². The Hall–Kier alpha value is -1.62. The lowest BCUT2D eigenvalue weighted by Gasteiger charge is -2.14. The number of carbonyl (C=O) groups is 1. The molecule has 4 N–H and O–H groups in total. The highest BCUT2D eigenvalue weighted by Gasteiger charge is 2.53. The zero-order valence-electron chi connectivity index (χ0n) is 10.3. The van der Waals surface area contributed by atoms with Crippen molar-refractivity contribution in [1.29, 1.82) is 0 Å². The van der Waals surface area contributed by atoms with Gasteiger partial charge in [0, 0.05) is 12.7 Å². The summed E-state index contributed by atoms with van der Waals surface area (Å²) in [6.07, 6.45) is 6.77. The number of hydrogen-bond donors (Lipinski definition) is 3. The third-order valence-corrected chi connectivity index (χ3v) is 4.10. The van der Waals surface area contributed by atoms with Crippen LogP contribution in [0.4, 0.5) is 5.69 Å². The van der Waals surface area contributed by atoms with Crippen molar-refractivity contribution >= 4 is 11.6 Å². The normalized spacial score (nSPS) is 20.3. The molecule has 0 unspecified atom stereocenters. The number of nitrogen functional groups attached to an aromatic ring is 1. The maximum atomic E-state index is 12.0. The summed E-state index contributed by atoms with van der Waals surface area (Å²) >= 11 is 0. The van der Waals surface area contributed by atoms with Gasteiger partial charge in [0.15, 0.2) is 0 Å². The quantitative estimate of drug-likeness (QED) is 0.540. The Morgan fingerprint density at radius 2 is 2.28 bits per heavy atom. The third-order valence-electron chi connectivity index (χ3n) is 4.10. The fourth-order valence-electron chi connectivity index (χ4n) is 2.58. The average Bonchev–Trinajstić information content (AvgIpc) is 3.28. The van der Waals surface area contributed by atoms with Gasteiger partial charge in [-0.3, -0.25) is 15.6 Å². The summed E-state index contributed by atoms with van der Waals surface area (Å²) in [5, 5.41) is 3.00. The Morgan fingerprint density at radius 3 is 2.89 bits per heavy atom. The maximum Gasteiger partial charge on any atom is 0.269 e. The maximum absolute atomic E-state index is 12.0. The van der Waals surface area contributed by atoms with Crippen molar-refractivity contribution in [3.05, 3.63) is 24.0 Å². The second kappa shape index (κ2) is 4.24.